The van der Waals surface area contributed by atoms with E-state index in [2.05, 4.69) is 61.9 Å². The molecule has 190 valence electrons. The molecule has 0 unspecified atom stereocenters. The zero-order valence-corrected chi connectivity index (χ0v) is 22.4. The van der Waals surface area contributed by atoms with Gasteiger partial charge in [0, 0.05) is 43.9 Å². The minimum Gasteiger partial charge on any atom is -0.381 e. The summed E-state index contributed by atoms with van der Waals surface area (Å²) < 4.78 is 7.96. The molecule has 2 heterocycles. The summed E-state index contributed by atoms with van der Waals surface area (Å²) in [7, 11) is 0. The Morgan fingerprint density at radius 1 is 1.06 bits per heavy atom. The zero-order chi connectivity index (χ0) is 24.6. The van der Waals surface area contributed by atoms with E-state index in [9.17, 15) is 4.79 Å². The molecule has 0 aromatic heterocycles. The number of carbonyl (C=O) groups is 1. The molecule has 35 heavy (non-hydrogen) atoms. The van der Waals surface area contributed by atoms with Crippen molar-refractivity contribution in [3.05, 3.63) is 41.0 Å². The van der Waals surface area contributed by atoms with Crippen LogP contribution in [-0.4, -0.2) is 42.0 Å². The molecule has 0 atom stereocenters. The second-order valence-corrected chi connectivity index (χ2v) is 12.9. The molecule has 1 N–H and O–H groups in total. The predicted molar refractivity (Wildman–Crippen MR) is 143 cm³/mol. The summed E-state index contributed by atoms with van der Waals surface area (Å²) in [5.74, 6) is 0.850. The van der Waals surface area contributed by atoms with E-state index in [1.54, 1.807) is 0 Å². The minimum absolute atomic E-state index is 0.0932. The molecule has 2 aliphatic carbocycles. The van der Waals surface area contributed by atoms with Gasteiger partial charge in [0.25, 0.3) is 5.91 Å². The molecule has 3 fully saturated rings. The minimum atomic E-state index is 0.0932. The van der Waals surface area contributed by atoms with Crippen molar-refractivity contribution in [1.29, 1.82) is 0 Å². The first-order valence-corrected chi connectivity index (χ1v) is 14.1. The SMILES string of the molecule is CC(C)(C)c1cc([N+]2=C(CC3CCCCC3)C=C(C(=O)NC3CCOCC3)C2)cc(C2(C)CC2)c1. The van der Waals surface area contributed by atoms with Gasteiger partial charge in [0.05, 0.1) is 5.57 Å². The van der Waals surface area contributed by atoms with Crippen LogP contribution < -0.4 is 5.32 Å². The van der Waals surface area contributed by atoms with Gasteiger partial charge in [-0.2, -0.15) is 4.58 Å². The molecular formula is C31H45N2O2+. The van der Waals surface area contributed by atoms with Gasteiger partial charge in [-0.15, -0.1) is 0 Å². The van der Waals surface area contributed by atoms with Crippen molar-refractivity contribution in [3.8, 4) is 0 Å². The first-order chi connectivity index (χ1) is 16.7. The molecule has 2 saturated carbocycles. The Labute approximate surface area is 212 Å². The number of nitrogens with zero attached hydrogens (tertiary/aromatic N) is 1. The average molecular weight is 478 g/mol. The van der Waals surface area contributed by atoms with Gasteiger partial charge in [-0.05, 0) is 66.4 Å². The van der Waals surface area contributed by atoms with Gasteiger partial charge in [-0.25, -0.2) is 0 Å². The Morgan fingerprint density at radius 2 is 1.77 bits per heavy atom. The number of ether oxygens (including phenoxy) is 1. The quantitative estimate of drug-likeness (QED) is 0.487. The van der Waals surface area contributed by atoms with Crippen LogP contribution in [-0.2, 0) is 20.4 Å². The lowest BCUT2D eigenvalue weighted by atomic mass is 9.83. The lowest BCUT2D eigenvalue weighted by Gasteiger charge is -2.23. The third kappa shape index (κ3) is 5.74. The van der Waals surface area contributed by atoms with E-state index in [0.29, 0.717) is 12.0 Å². The van der Waals surface area contributed by atoms with Crippen molar-refractivity contribution >= 4 is 17.3 Å². The van der Waals surface area contributed by atoms with Crippen molar-refractivity contribution in [2.75, 3.05) is 19.8 Å². The van der Waals surface area contributed by atoms with Crippen molar-refractivity contribution in [1.82, 2.24) is 5.32 Å². The first kappa shape index (κ1) is 24.7. The predicted octanol–water partition coefficient (Wildman–Crippen LogP) is 6.33. The Hall–Kier alpha value is -1.94. The summed E-state index contributed by atoms with van der Waals surface area (Å²) in [5.41, 5.74) is 6.81. The van der Waals surface area contributed by atoms with Crippen LogP contribution >= 0.6 is 0 Å². The number of rotatable bonds is 6. The number of nitrogens with one attached hydrogen (secondary N) is 1. The Balaban J connectivity index is 1.46. The molecule has 1 amide bonds. The van der Waals surface area contributed by atoms with E-state index >= 15 is 0 Å². The zero-order valence-electron chi connectivity index (χ0n) is 22.4. The lowest BCUT2D eigenvalue weighted by molar-refractivity contribution is -0.427. The van der Waals surface area contributed by atoms with Crippen LogP contribution in [0, 0.1) is 5.92 Å². The fraction of sp³-hybridized carbons (Fsp3) is 0.677. The summed E-state index contributed by atoms with van der Waals surface area (Å²) in [6.07, 6.45) is 14.4. The summed E-state index contributed by atoms with van der Waals surface area (Å²) in [4.78, 5) is 13.3. The molecule has 4 nitrogen and oxygen atoms in total. The Bertz CT molecular complexity index is 989. The highest BCUT2D eigenvalue weighted by molar-refractivity contribution is 6.04. The third-order valence-electron chi connectivity index (χ3n) is 8.88. The molecule has 4 heteroatoms. The maximum Gasteiger partial charge on any atom is 0.254 e. The monoisotopic (exact) mass is 477 g/mol. The Morgan fingerprint density at radius 3 is 2.43 bits per heavy atom. The van der Waals surface area contributed by atoms with E-state index in [-0.39, 0.29) is 17.4 Å². The van der Waals surface area contributed by atoms with Crippen LogP contribution in [0.1, 0.15) is 103 Å². The topological polar surface area (TPSA) is 41.3 Å². The molecule has 1 saturated heterocycles. The van der Waals surface area contributed by atoms with Gasteiger partial charge in [0.1, 0.15) is 0 Å². The highest BCUT2D eigenvalue weighted by Gasteiger charge is 2.41. The molecule has 0 bridgehead atoms. The van der Waals surface area contributed by atoms with Crippen molar-refractivity contribution < 1.29 is 14.1 Å². The van der Waals surface area contributed by atoms with Crippen molar-refractivity contribution in [3.63, 3.8) is 0 Å². The molecule has 5 rings (SSSR count). The maximum absolute atomic E-state index is 13.3. The van der Waals surface area contributed by atoms with E-state index < -0.39 is 0 Å². The lowest BCUT2D eigenvalue weighted by Crippen LogP contribution is -2.40. The van der Waals surface area contributed by atoms with Crippen LogP contribution in [0.2, 0.25) is 0 Å². The molecule has 0 radical (unpaired) electrons. The largest absolute Gasteiger partial charge is 0.381 e. The number of carbonyl (C=O) groups excluding carboxylic acids is 1. The summed E-state index contributed by atoms with van der Waals surface area (Å²) in [5, 5.41) is 3.31. The van der Waals surface area contributed by atoms with Gasteiger partial charge in [-0.3, -0.25) is 4.79 Å². The van der Waals surface area contributed by atoms with Crippen LogP contribution in [0.5, 0.6) is 0 Å². The number of allylic oxidation sites excluding steroid dienone is 1. The van der Waals surface area contributed by atoms with Crippen LogP contribution in [0.15, 0.2) is 29.8 Å². The number of amides is 1. The fourth-order valence-electron chi connectivity index (χ4n) is 5.99. The number of hydrogen-bond acceptors (Lipinski definition) is 2. The average Bonchev–Trinajstić information content (AvgIpc) is 3.46. The van der Waals surface area contributed by atoms with Gasteiger partial charge < -0.3 is 10.1 Å². The highest BCUT2D eigenvalue weighted by atomic mass is 16.5. The molecule has 0 spiro atoms. The summed E-state index contributed by atoms with van der Waals surface area (Å²) >= 11 is 0. The third-order valence-corrected chi connectivity index (χ3v) is 8.88. The van der Waals surface area contributed by atoms with Gasteiger partial charge in [-0.1, -0.05) is 53.0 Å². The van der Waals surface area contributed by atoms with E-state index in [4.69, 9.17) is 4.74 Å². The summed E-state index contributed by atoms with van der Waals surface area (Å²) in [6.45, 7) is 11.5. The Kier molecular flexibility index (Phi) is 6.96. The molecular weight excluding hydrogens is 432 g/mol. The number of benzene rings is 1. The first-order valence-electron chi connectivity index (χ1n) is 14.1. The van der Waals surface area contributed by atoms with Crippen LogP contribution in [0.3, 0.4) is 0 Å². The maximum atomic E-state index is 13.3. The van der Waals surface area contributed by atoms with E-state index in [1.165, 1.54) is 67.5 Å². The standard InChI is InChI=1S/C31H44N2O2/c1-30(2,3)24-18-25(31(4)12-13-31)20-28(19-24)33-21-23(29(34)32-26-10-14-35-15-11-26)17-27(33)16-22-8-6-5-7-9-22/h17-20,22,26H,5-16,21H2,1-4H3/p+1. The van der Waals surface area contributed by atoms with Crippen LogP contribution in [0.25, 0.3) is 0 Å². The second-order valence-electron chi connectivity index (χ2n) is 12.9. The fourth-order valence-corrected chi connectivity index (χ4v) is 5.99. The number of hydrogen-bond donors (Lipinski definition) is 1. The van der Waals surface area contributed by atoms with Crippen LogP contribution in [0.4, 0.5) is 5.69 Å². The molecule has 1 aromatic rings. The molecule has 4 aliphatic rings. The van der Waals surface area contributed by atoms with Gasteiger partial charge in [0.2, 0.25) is 5.69 Å². The molecule has 2 aliphatic heterocycles. The van der Waals surface area contributed by atoms with Gasteiger partial charge >= 0.3 is 0 Å². The van der Waals surface area contributed by atoms with Gasteiger partial charge in [0.15, 0.2) is 12.3 Å². The van der Waals surface area contributed by atoms with E-state index in [0.717, 1.165) is 44.0 Å². The smallest absolute Gasteiger partial charge is 0.254 e. The summed E-state index contributed by atoms with van der Waals surface area (Å²) in [6, 6.07) is 7.50. The van der Waals surface area contributed by atoms with E-state index in [1.807, 2.05) is 0 Å². The van der Waals surface area contributed by atoms with Crippen molar-refractivity contribution in [2.24, 2.45) is 5.92 Å². The normalized spacial score (nSPS) is 23.4. The molecule has 1 aromatic carbocycles. The highest BCUT2D eigenvalue weighted by Crippen LogP contribution is 2.49. The second kappa shape index (κ2) is 9.84. The van der Waals surface area contributed by atoms with Crippen molar-refractivity contribution in [2.45, 2.75) is 109 Å².